The van der Waals surface area contributed by atoms with Gasteiger partial charge in [-0.15, -0.1) is 11.3 Å². The first-order valence-electron chi connectivity index (χ1n) is 11.4. The Morgan fingerprint density at radius 2 is 1.61 bits per heavy atom. The maximum Gasteiger partial charge on any atom is 0.267 e. The molecular weight excluding hydrogens is 470 g/mol. The maximum absolute atomic E-state index is 13.3. The molecule has 0 radical (unpaired) electrons. The molecule has 0 spiro atoms. The lowest BCUT2D eigenvalue weighted by Gasteiger charge is -2.12. The molecule has 3 aromatic carbocycles. The van der Waals surface area contributed by atoms with Crippen LogP contribution >= 0.6 is 11.3 Å². The quantitative estimate of drug-likeness (QED) is 0.271. The average Bonchev–Trinajstić information content (AvgIpc) is 3.26. The number of pyridine rings is 1. The van der Waals surface area contributed by atoms with Crippen LogP contribution in [0.5, 0.6) is 11.5 Å². The van der Waals surface area contributed by atoms with E-state index in [0.717, 1.165) is 39.0 Å². The molecule has 0 aliphatic carbocycles. The number of ether oxygens (including phenoxy) is 2. The Morgan fingerprint density at radius 3 is 2.33 bits per heavy atom. The van der Waals surface area contributed by atoms with E-state index in [1.165, 1.54) is 11.3 Å². The summed E-state index contributed by atoms with van der Waals surface area (Å²) in [5.74, 6) is 0.975. The zero-order valence-corrected chi connectivity index (χ0v) is 21.0. The maximum atomic E-state index is 13.3. The minimum absolute atomic E-state index is 0.260. The fraction of sp³-hybridized carbons (Fsp3) is 0.103. The van der Waals surface area contributed by atoms with Gasteiger partial charge < -0.3 is 20.5 Å². The van der Waals surface area contributed by atoms with E-state index in [0.29, 0.717) is 26.9 Å². The minimum atomic E-state index is -0.260. The van der Waals surface area contributed by atoms with E-state index < -0.39 is 0 Å². The SMILES string of the molecule is COc1ccc(-c2cc(-c3ccccc3)nc3sc(C(=O)Nc4ccccc4C)c(N)c23)cc1OC. The van der Waals surface area contributed by atoms with Crippen molar-refractivity contribution in [1.29, 1.82) is 0 Å². The molecule has 0 unspecified atom stereocenters. The number of amides is 1. The van der Waals surface area contributed by atoms with E-state index in [4.69, 9.17) is 20.2 Å². The van der Waals surface area contributed by atoms with Gasteiger partial charge >= 0.3 is 0 Å². The second-order valence-corrected chi connectivity index (χ2v) is 9.28. The molecular formula is C29H25N3O3S. The molecule has 7 heteroatoms. The van der Waals surface area contributed by atoms with Gasteiger partial charge in [-0.05, 0) is 47.9 Å². The predicted molar refractivity (Wildman–Crippen MR) is 147 cm³/mol. The van der Waals surface area contributed by atoms with Crippen LogP contribution < -0.4 is 20.5 Å². The number of nitrogens with zero attached hydrogens (tertiary/aromatic N) is 1. The van der Waals surface area contributed by atoms with Gasteiger partial charge in [-0.25, -0.2) is 4.98 Å². The normalized spacial score (nSPS) is 10.9. The summed E-state index contributed by atoms with van der Waals surface area (Å²) >= 11 is 1.29. The van der Waals surface area contributed by atoms with Gasteiger partial charge in [0.1, 0.15) is 9.71 Å². The van der Waals surface area contributed by atoms with Gasteiger partial charge in [0.2, 0.25) is 0 Å². The van der Waals surface area contributed by atoms with Crippen LogP contribution in [-0.2, 0) is 0 Å². The Balaban J connectivity index is 1.70. The molecule has 1 amide bonds. The first kappa shape index (κ1) is 23.4. The molecule has 0 bridgehead atoms. The van der Waals surface area contributed by atoms with Crippen LogP contribution in [-0.4, -0.2) is 25.1 Å². The van der Waals surface area contributed by atoms with Crippen LogP contribution in [0.1, 0.15) is 15.2 Å². The monoisotopic (exact) mass is 495 g/mol. The Kier molecular flexibility index (Phi) is 6.31. The van der Waals surface area contributed by atoms with Gasteiger partial charge in [0.25, 0.3) is 5.91 Å². The molecule has 2 heterocycles. The number of rotatable bonds is 6. The molecule has 3 N–H and O–H groups in total. The largest absolute Gasteiger partial charge is 0.493 e. The smallest absolute Gasteiger partial charge is 0.267 e. The highest BCUT2D eigenvalue weighted by atomic mass is 32.1. The number of nitrogens with one attached hydrogen (secondary N) is 1. The minimum Gasteiger partial charge on any atom is -0.493 e. The molecule has 5 aromatic rings. The lowest BCUT2D eigenvalue weighted by molar-refractivity contribution is 0.103. The molecule has 0 aliphatic heterocycles. The van der Waals surface area contributed by atoms with Crippen molar-refractivity contribution < 1.29 is 14.3 Å². The number of thiophene rings is 1. The molecule has 0 fully saturated rings. The fourth-order valence-electron chi connectivity index (χ4n) is 4.17. The summed E-state index contributed by atoms with van der Waals surface area (Å²) in [5.41, 5.74) is 12.3. The van der Waals surface area contributed by atoms with Gasteiger partial charge in [-0.1, -0.05) is 54.6 Å². The number of carbonyl (C=O) groups excluding carboxylic acids is 1. The van der Waals surface area contributed by atoms with Gasteiger partial charge in [-0.2, -0.15) is 0 Å². The standard InChI is InChI=1S/C29H25N3O3S/c1-17-9-7-8-12-21(17)31-28(33)27-26(30)25-20(19-13-14-23(34-2)24(15-19)35-3)16-22(32-29(25)36-27)18-10-5-4-6-11-18/h4-16H,30H2,1-3H3,(H,31,33). The highest BCUT2D eigenvalue weighted by Gasteiger charge is 2.22. The van der Waals surface area contributed by atoms with E-state index >= 15 is 0 Å². The summed E-state index contributed by atoms with van der Waals surface area (Å²) < 4.78 is 11.0. The van der Waals surface area contributed by atoms with Gasteiger partial charge in [0, 0.05) is 16.6 Å². The van der Waals surface area contributed by atoms with Crippen molar-refractivity contribution in [3.8, 4) is 33.9 Å². The highest BCUT2D eigenvalue weighted by molar-refractivity contribution is 7.21. The summed E-state index contributed by atoms with van der Waals surface area (Å²) in [4.78, 5) is 19.3. The number of carbonyl (C=O) groups is 1. The zero-order chi connectivity index (χ0) is 25.2. The number of aryl methyl sites for hydroxylation is 1. The number of hydrogen-bond acceptors (Lipinski definition) is 6. The third-order valence-electron chi connectivity index (χ3n) is 6.06. The zero-order valence-electron chi connectivity index (χ0n) is 20.2. The molecule has 0 saturated carbocycles. The second-order valence-electron chi connectivity index (χ2n) is 8.28. The van der Waals surface area contributed by atoms with Crippen LogP contribution in [0.3, 0.4) is 0 Å². The predicted octanol–water partition coefficient (Wildman–Crippen LogP) is 6.79. The lowest BCUT2D eigenvalue weighted by Crippen LogP contribution is -2.12. The Bertz CT molecular complexity index is 1580. The van der Waals surface area contributed by atoms with Crippen LogP contribution in [0.4, 0.5) is 11.4 Å². The van der Waals surface area contributed by atoms with Crippen molar-refractivity contribution in [3.05, 3.63) is 89.3 Å². The van der Waals surface area contributed by atoms with Crippen LogP contribution in [0, 0.1) is 6.92 Å². The summed E-state index contributed by atoms with van der Waals surface area (Å²) in [6.07, 6.45) is 0. The highest BCUT2D eigenvalue weighted by Crippen LogP contribution is 2.43. The number of methoxy groups -OCH3 is 2. The first-order chi connectivity index (χ1) is 17.5. The van der Waals surface area contributed by atoms with Crippen molar-refractivity contribution >= 4 is 38.8 Å². The number of anilines is 2. The van der Waals surface area contributed by atoms with Crippen LogP contribution in [0.2, 0.25) is 0 Å². The third kappa shape index (κ3) is 4.25. The van der Waals surface area contributed by atoms with E-state index in [1.54, 1.807) is 14.2 Å². The fourth-order valence-corrected chi connectivity index (χ4v) is 5.19. The molecule has 6 nitrogen and oxygen atoms in total. The van der Waals surface area contributed by atoms with Crippen molar-refractivity contribution in [3.63, 3.8) is 0 Å². The number of aromatic nitrogens is 1. The molecule has 0 atom stereocenters. The average molecular weight is 496 g/mol. The number of fused-ring (bicyclic) bond motifs is 1. The Labute approximate surface area is 213 Å². The van der Waals surface area contributed by atoms with Crippen LogP contribution in [0.25, 0.3) is 32.6 Å². The second kappa shape index (κ2) is 9.71. The van der Waals surface area contributed by atoms with Gasteiger partial charge in [-0.3, -0.25) is 4.79 Å². The molecule has 180 valence electrons. The van der Waals surface area contributed by atoms with Crippen molar-refractivity contribution in [2.75, 3.05) is 25.3 Å². The Morgan fingerprint density at radius 1 is 0.889 bits per heavy atom. The van der Waals surface area contributed by atoms with Crippen molar-refractivity contribution in [2.24, 2.45) is 0 Å². The molecule has 36 heavy (non-hydrogen) atoms. The van der Waals surface area contributed by atoms with E-state index in [2.05, 4.69) is 5.32 Å². The first-order valence-corrected chi connectivity index (χ1v) is 12.2. The van der Waals surface area contributed by atoms with Gasteiger partial charge in [0.05, 0.1) is 25.6 Å². The summed E-state index contributed by atoms with van der Waals surface area (Å²) in [6.45, 7) is 1.95. The summed E-state index contributed by atoms with van der Waals surface area (Å²) in [6, 6.07) is 25.3. The van der Waals surface area contributed by atoms with Crippen molar-refractivity contribution in [1.82, 2.24) is 4.98 Å². The lowest BCUT2D eigenvalue weighted by atomic mass is 9.99. The molecule has 0 saturated heterocycles. The number of hydrogen-bond donors (Lipinski definition) is 2. The number of benzene rings is 3. The van der Waals surface area contributed by atoms with E-state index in [1.807, 2.05) is 85.8 Å². The van der Waals surface area contributed by atoms with Gasteiger partial charge in [0.15, 0.2) is 11.5 Å². The number of nitrogens with two attached hydrogens (primary N) is 1. The topological polar surface area (TPSA) is 86.5 Å². The van der Waals surface area contributed by atoms with E-state index in [-0.39, 0.29) is 5.91 Å². The number of para-hydroxylation sites is 1. The molecule has 2 aromatic heterocycles. The summed E-state index contributed by atoms with van der Waals surface area (Å²) in [7, 11) is 3.21. The van der Waals surface area contributed by atoms with Crippen molar-refractivity contribution in [2.45, 2.75) is 6.92 Å². The van der Waals surface area contributed by atoms with E-state index in [9.17, 15) is 4.79 Å². The molecule has 0 aliphatic rings. The summed E-state index contributed by atoms with van der Waals surface area (Å²) in [5, 5.41) is 3.73. The Hall–Kier alpha value is -4.36. The van der Waals surface area contributed by atoms with Crippen LogP contribution in [0.15, 0.2) is 78.9 Å². The molecule has 5 rings (SSSR count). The number of nitrogen functional groups attached to an aromatic ring is 1. The third-order valence-corrected chi connectivity index (χ3v) is 7.16.